The minimum absolute atomic E-state index is 0.190. The van der Waals surface area contributed by atoms with Crippen LogP contribution in [0.4, 0.5) is 0 Å². The third kappa shape index (κ3) is 8.96. The Morgan fingerprint density at radius 3 is 2.18 bits per heavy atom. The molecule has 0 amide bonds. The predicted octanol–water partition coefficient (Wildman–Crippen LogP) is 8.64. The Morgan fingerprint density at radius 1 is 0.750 bits per heavy atom. The summed E-state index contributed by atoms with van der Waals surface area (Å²) in [6.07, 6.45) is 3.09. The molecule has 0 heterocycles. The zero-order valence-electron chi connectivity index (χ0n) is 26.2. The lowest BCUT2D eigenvalue weighted by atomic mass is 9.69. The third-order valence-electron chi connectivity index (χ3n) is 7.88. The van der Waals surface area contributed by atoms with E-state index in [0.717, 1.165) is 24.3 Å². The van der Waals surface area contributed by atoms with Crippen LogP contribution in [0.5, 0.6) is 11.5 Å². The van der Waals surface area contributed by atoms with Gasteiger partial charge in [0.15, 0.2) is 0 Å². The van der Waals surface area contributed by atoms with Gasteiger partial charge in [-0.15, -0.1) is 0 Å². The van der Waals surface area contributed by atoms with Crippen molar-refractivity contribution in [3.63, 3.8) is 0 Å². The highest BCUT2D eigenvalue weighted by atomic mass is 16.6. The van der Waals surface area contributed by atoms with Crippen molar-refractivity contribution in [2.75, 3.05) is 19.8 Å². The van der Waals surface area contributed by atoms with Crippen molar-refractivity contribution in [1.29, 1.82) is 0 Å². The molecule has 2 atom stereocenters. The van der Waals surface area contributed by atoms with Crippen LogP contribution in [-0.4, -0.2) is 31.4 Å². The zero-order chi connectivity index (χ0) is 30.8. The van der Waals surface area contributed by atoms with Crippen molar-refractivity contribution in [2.45, 2.75) is 70.5 Å². The monoisotopic (exact) mass is 592 g/mol. The molecule has 0 bridgehead atoms. The third-order valence-corrected chi connectivity index (χ3v) is 7.88. The summed E-state index contributed by atoms with van der Waals surface area (Å²) in [7, 11) is 0. The molecule has 0 unspecified atom stereocenters. The summed E-state index contributed by atoms with van der Waals surface area (Å²) >= 11 is 0. The summed E-state index contributed by atoms with van der Waals surface area (Å²) in [4.78, 5) is 11.8. The first-order valence-corrected chi connectivity index (χ1v) is 15.7. The molecule has 230 valence electrons. The molecule has 5 nitrogen and oxygen atoms in total. The molecule has 0 spiro atoms. The lowest BCUT2D eigenvalue weighted by Gasteiger charge is -2.35. The number of fused-ring (bicyclic) bond motifs is 1. The van der Waals surface area contributed by atoms with E-state index < -0.39 is 5.60 Å². The van der Waals surface area contributed by atoms with E-state index in [4.69, 9.17) is 18.9 Å². The normalized spacial score (nSPS) is 16.2. The summed E-state index contributed by atoms with van der Waals surface area (Å²) in [5.74, 6) is 2.18. The molecule has 5 rings (SSSR count). The highest BCUT2D eigenvalue weighted by Gasteiger charge is 2.32. The number of hydrogen-bond acceptors (Lipinski definition) is 5. The molecule has 0 fully saturated rings. The van der Waals surface area contributed by atoms with Crippen molar-refractivity contribution in [2.24, 2.45) is 0 Å². The van der Waals surface area contributed by atoms with Crippen molar-refractivity contribution in [3.05, 3.63) is 131 Å². The molecule has 0 saturated heterocycles. The minimum atomic E-state index is -0.453. The summed E-state index contributed by atoms with van der Waals surface area (Å²) in [6, 6.07) is 36.3. The molecule has 5 heteroatoms. The molecule has 0 saturated carbocycles. The number of aryl methyl sites for hydroxylation is 1. The Hall–Kier alpha value is -4.09. The predicted molar refractivity (Wildman–Crippen MR) is 174 cm³/mol. The van der Waals surface area contributed by atoms with Gasteiger partial charge in [0.1, 0.15) is 30.3 Å². The van der Waals surface area contributed by atoms with Gasteiger partial charge in [-0.05, 0) is 98.0 Å². The van der Waals surface area contributed by atoms with E-state index in [1.807, 2.05) is 39.0 Å². The number of hydrogen-bond donors (Lipinski definition) is 0. The number of benzene rings is 4. The van der Waals surface area contributed by atoms with Crippen LogP contribution in [0.2, 0.25) is 0 Å². The average molecular weight is 593 g/mol. The van der Waals surface area contributed by atoms with Crippen molar-refractivity contribution < 1.29 is 23.7 Å². The lowest BCUT2D eigenvalue weighted by Crippen LogP contribution is -2.23. The van der Waals surface area contributed by atoms with Crippen LogP contribution in [0.15, 0.2) is 103 Å². The maximum atomic E-state index is 11.8. The molecule has 0 N–H and O–H groups in total. The Morgan fingerprint density at radius 2 is 1.45 bits per heavy atom. The maximum absolute atomic E-state index is 11.8. The first-order chi connectivity index (χ1) is 21.4. The van der Waals surface area contributed by atoms with E-state index in [0.29, 0.717) is 45.2 Å². The highest BCUT2D eigenvalue weighted by molar-refractivity contribution is 5.69. The van der Waals surface area contributed by atoms with Gasteiger partial charge in [0, 0.05) is 18.9 Å². The molecule has 1 aliphatic carbocycles. The van der Waals surface area contributed by atoms with E-state index in [-0.39, 0.29) is 11.9 Å². The van der Waals surface area contributed by atoms with E-state index >= 15 is 0 Å². The maximum Gasteiger partial charge on any atom is 0.306 e. The molecule has 4 aromatic rings. The van der Waals surface area contributed by atoms with Crippen LogP contribution in [0.3, 0.4) is 0 Å². The lowest BCUT2D eigenvalue weighted by molar-refractivity contribution is -0.155. The summed E-state index contributed by atoms with van der Waals surface area (Å²) in [5.41, 5.74) is 6.09. The molecular formula is C39H44O5. The van der Waals surface area contributed by atoms with Crippen LogP contribution in [0, 0.1) is 0 Å². The van der Waals surface area contributed by atoms with Gasteiger partial charge in [0.25, 0.3) is 0 Å². The van der Waals surface area contributed by atoms with Gasteiger partial charge in [0.2, 0.25) is 0 Å². The molecule has 0 radical (unpaired) electrons. The van der Waals surface area contributed by atoms with Crippen molar-refractivity contribution in [1.82, 2.24) is 0 Å². The topological polar surface area (TPSA) is 54.0 Å². The van der Waals surface area contributed by atoms with E-state index in [1.165, 1.54) is 27.8 Å². The van der Waals surface area contributed by atoms with E-state index in [1.54, 1.807) is 0 Å². The minimum Gasteiger partial charge on any atom is -0.491 e. The van der Waals surface area contributed by atoms with Crippen LogP contribution >= 0.6 is 0 Å². The second-order valence-corrected chi connectivity index (χ2v) is 12.4. The SMILES string of the molecule is CC(C)(C)OC(=O)CCCOCCOc1ccc([C@H]2c3ccc(OCc4ccccc4)cc3CC[C@H]2c2ccccc2)cc1. The van der Waals surface area contributed by atoms with Crippen molar-refractivity contribution in [3.8, 4) is 11.5 Å². The van der Waals surface area contributed by atoms with Gasteiger partial charge in [0.05, 0.1) is 6.61 Å². The number of carbonyl (C=O) groups is 1. The largest absolute Gasteiger partial charge is 0.491 e. The fourth-order valence-electron chi connectivity index (χ4n) is 5.90. The van der Waals surface area contributed by atoms with Gasteiger partial charge in [-0.25, -0.2) is 0 Å². The average Bonchev–Trinajstić information content (AvgIpc) is 3.03. The Kier molecular flexibility index (Phi) is 10.7. The van der Waals surface area contributed by atoms with E-state index in [2.05, 4.69) is 84.9 Å². The molecule has 0 aliphatic heterocycles. The van der Waals surface area contributed by atoms with Crippen LogP contribution in [-0.2, 0) is 27.3 Å². The first-order valence-electron chi connectivity index (χ1n) is 15.7. The molecule has 44 heavy (non-hydrogen) atoms. The van der Waals surface area contributed by atoms with Gasteiger partial charge < -0.3 is 18.9 Å². The standard InChI is InChI=1S/C39H44O5/c1-39(2,3)44-37(40)15-10-24-41-25-26-42-33-19-16-31(17-20-33)38-35(30-13-8-5-9-14-30)22-18-32-27-34(21-23-36(32)38)43-28-29-11-6-4-7-12-29/h4-9,11-14,16-17,19-21,23,27,35,38H,10,15,18,22,24-26,28H2,1-3H3/t35-,38+/m0/s1. The van der Waals surface area contributed by atoms with Crippen molar-refractivity contribution >= 4 is 5.97 Å². The second kappa shape index (κ2) is 15.1. The number of rotatable bonds is 13. The quantitative estimate of drug-likeness (QED) is 0.115. The molecule has 4 aromatic carbocycles. The van der Waals surface area contributed by atoms with Gasteiger partial charge in [-0.2, -0.15) is 0 Å². The Bertz CT molecular complexity index is 1460. The fourth-order valence-corrected chi connectivity index (χ4v) is 5.90. The summed E-state index contributed by atoms with van der Waals surface area (Å²) < 4.78 is 23.1. The zero-order valence-corrected chi connectivity index (χ0v) is 26.2. The van der Waals surface area contributed by atoms with Crippen LogP contribution in [0.25, 0.3) is 0 Å². The smallest absolute Gasteiger partial charge is 0.306 e. The molecular weight excluding hydrogens is 548 g/mol. The highest BCUT2D eigenvalue weighted by Crippen LogP contribution is 2.47. The second-order valence-electron chi connectivity index (χ2n) is 12.4. The first kappa shape index (κ1) is 31.3. The summed E-state index contributed by atoms with van der Waals surface area (Å²) in [6.45, 7) is 7.62. The molecule has 0 aromatic heterocycles. The number of esters is 1. The van der Waals surface area contributed by atoms with Gasteiger partial charge in [-0.1, -0.05) is 78.9 Å². The fraction of sp³-hybridized carbons (Fsp3) is 0.359. The van der Waals surface area contributed by atoms with Gasteiger partial charge in [-0.3, -0.25) is 4.79 Å². The number of ether oxygens (including phenoxy) is 4. The van der Waals surface area contributed by atoms with Gasteiger partial charge >= 0.3 is 5.97 Å². The Balaban J connectivity index is 1.20. The van der Waals surface area contributed by atoms with E-state index in [9.17, 15) is 4.79 Å². The summed E-state index contributed by atoms with van der Waals surface area (Å²) in [5, 5.41) is 0. The molecule has 1 aliphatic rings. The Labute approximate surface area is 262 Å². The van der Waals surface area contributed by atoms with Crippen LogP contribution < -0.4 is 9.47 Å². The number of carbonyl (C=O) groups excluding carboxylic acids is 1. The van der Waals surface area contributed by atoms with Crippen LogP contribution in [0.1, 0.15) is 79.7 Å².